The third-order valence-corrected chi connectivity index (χ3v) is 3.91. The molecular weight excluding hydrogens is 353 g/mol. The number of hydrogen-bond acceptors (Lipinski definition) is 5. The number of ether oxygens (including phenoxy) is 2. The van der Waals surface area contributed by atoms with Crippen LogP contribution < -0.4 is 9.64 Å². The Labute approximate surface area is 153 Å². The van der Waals surface area contributed by atoms with Gasteiger partial charge in [0.05, 0.1) is 32.3 Å². The van der Waals surface area contributed by atoms with E-state index in [1.807, 2.05) is 35.7 Å². The summed E-state index contributed by atoms with van der Waals surface area (Å²) < 4.78 is 12.4. The van der Waals surface area contributed by atoms with Gasteiger partial charge in [-0.05, 0) is 18.2 Å². The van der Waals surface area contributed by atoms with Crippen LogP contribution in [0.1, 0.15) is 28.5 Å². The lowest BCUT2D eigenvalue weighted by atomic mass is 9.99. The fraction of sp³-hybridized carbons (Fsp3) is 0.375. The van der Waals surface area contributed by atoms with Crippen LogP contribution in [0.15, 0.2) is 30.7 Å². The third kappa shape index (κ3) is 3.60. The molecule has 8 heteroatoms. The minimum absolute atomic E-state index is 0. The van der Waals surface area contributed by atoms with Gasteiger partial charge in [-0.1, -0.05) is 0 Å². The molecule has 0 saturated heterocycles. The highest BCUT2D eigenvalue weighted by Crippen LogP contribution is 2.37. The van der Waals surface area contributed by atoms with Gasteiger partial charge >= 0.3 is 5.97 Å². The Hall–Kier alpha value is -1.92. The van der Waals surface area contributed by atoms with Crippen molar-refractivity contribution in [3.05, 3.63) is 42.0 Å². The number of imidazole rings is 1. The molecule has 0 aliphatic carbocycles. The second-order valence-electron chi connectivity index (χ2n) is 5.45. The van der Waals surface area contributed by atoms with Crippen LogP contribution in [-0.4, -0.2) is 43.3 Å². The molecule has 0 N–H and O–H groups in total. The van der Waals surface area contributed by atoms with E-state index < -0.39 is 0 Å². The monoisotopic (exact) mass is 373 g/mol. The van der Waals surface area contributed by atoms with Gasteiger partial charge in [-0.25, -0.2) is 9.78 Å². The van der Waals surface area contributed by atoms with E-state index in [4.69, 9.17) is 9.47 Å². The highest BCUT2D eigenvalue weighted by Gasteiger charge is 2.27. The number of esters is 1. The van der Waals surface area contributed by atoms with E-state index in [1.54, 1.807) is 6.33 Å². The van der Waals surface area contributed by atoms with Crippen LogP contribution in [0.25, 0.3) is 0 Å². The SMILES string of the molecule is COC(=O)c1cncn1C1CCOc2ccc(N(C)C)cc21.Cl.Cl. The summed E-state index contributed by atoms with van der Waals surface area (Å²) in [5.74, 6) is 0.473. The smallest absolute Gasteiger partial charge is 0.356 e. The van der Waals surface area contributed by atoms with Crippen molar-refractivity contribution in [3.8, 4) is 5.75 Å². The van der Waals surface area contributed by atoms with Crippen molar-refractivity contribution in [1.29, 1.82) is 0 Å². The van der Waals surface area contributed by atoms with Gasteiger partial charge in [-0.2, -0.15) is 0 Å². The van der Waals surface area contributed by atoms with Crippen LogP contribution >= 0.6 is 24.8 Å². The van der Waals surface area contributed by atoms with E-state index in [0.29, 0.717) is 12.3 Å². The summed E-state index contributed by atoms with van der Waals surface area (Å²) >= 11 is 0. The van der Waals surface area contributed by atoms with Crippen molar-refractivity contribution < 1.29 is 14.3 Å². The Morgan fingerprint density at radius 3 is 2.79 bits per heavy atom. The molecule has 0 spiro atoms. The number of anilines is 1. The van der Waals surface area contributed by atoms with Gasteiger partial charge in [0.1, 0.15) is 11.4 Å². The number of rotatable bonds is 3. The number of benzene rings is 1. The van der Waals surface area contributed by atoms with Crippen LogP contribution in [0.2, 0.25) is 0 Å². The van der Waals surface area contributed by atoms with E-state index in [-0.39, 0.29) is 36.8 Å². The van der Waals surface area contributed by atoms with E-state index >= 15 is 0 Å². The predicted molar refractivity (Wildman–Crippen MR) is 97.1 cm³/mol. The number of aromatic nitrogens is 2. The maximum absolute atomic E-state index is 11.9. The average Bonchev–Trinajstić information content (AvgIpc) is 3.02. The van der Waals surface area contributed by atoms with Gasteiger partial charge in [0.25, 0.3) is 0 Å². The van der Waals surface area contributed by atoms with Crippen LogP contribution in [0.3, 0.4) is 0 Å². The van der Waals surface area contributed by atoms with Gasteiger partial charge in [-0.3, -0.25) is 0 Å². The quantitative estimate of drug-likeness (QED) is 0.774. The zero-order valence-corrected chi connectivity index (χ0v) is 15.4. The first-order valence-electron chi connectivity index (χ1n) is 7.16. The first kappa shape index (κ1) is 20.1. The van der Waals surface area contributed by atoms with Crippen molar-refractivity contribution in [2.24, 2.45) is 0 Å². The van der Waals surface area contributed by atoms with Crippen LogP contribution in [0, 0.1) is 0 Å². The molecule has 1 aromatic heterocycles. The molecule has 1 aromatic carbocycles. The molecule has 6 nitrogen and oxygen atoms in total. The largest absolute Gasteiger partial charge is 0.493 e. The molecule has 1 aliphatic heterocycles. The number of methoxy groups -OCH3 is 1. The van der Waals surface area contributed by atoms with Gasteiger partial charge < -0.3 is 18.9 Å². The molecule has 0 fully saturated rings. The molecule has 2 heterocycles. The van der Waals surface area contributed by atoms with Gasteiger partial charge in [0.15, 0.2) is 0 Å². The fourth-order valence-electron chi connectivity index (χ4n) is 2.75. The molecular formula is C16H21Cl2N3O3. The molecule has 1 unspecified atom stereocenters. The lowest BCUT2D eigenvalue weighted by molar-refractivity contribution is 0.0585. The number of hydrogen-bond donors (Lipinski definition) is 0. The molecule has 24 heavy (non-hydrogen) atoms. The Kier molecular flexibility index (Phi) is 6.93. The number of fused-ring (bicyclic) bond motifs is 1. The third-order valence-electron chi connectivity index (χ3n) is 3.91. The average molecular weight is 374 g/mol. The highest BCUT2D eigenvalue weighted by molar-refractivity contribution is 5.87. The lowest BCUT2D eigenvalue weighted by Crippen LogP contribution is -2.23. The highest BCUT2D eigenvalue weighted by atomic mass is 35.5. The van der Waals surface area contributed by atoms with Crippen molar-refractivity contribution in [1.82, 2.24) is 9.55 Å². The molecule has 0 saturated carbocycles. The number of nitrogens with zero attached hydrogens (tertiary/aromatic N) is 3. The molecule has 132 valence electrons. The van der Waals surface area contributed by atoms with E-state index in [9.17, 15) is 4.79 Å². The minimum atomic E-state index is -0.380. The number of carbonyl (C=O) groups is 1. The molecule has 1 atom stereocenters. The summed E-state index contributed by atoms with van der Waals surface area (Å²) in [5.41, 5.74) is 2.60. The van der Waals surface area contributed by atoms with E-state index in [1.165, 1.54) is 13.3 Å². The van der Waals surface area contributed by atoms with E-state index in [0.717, 1.165) is 23.4 Å². The number of halogens is 2. The molecule has 0 bridgehead atoms. The topological polar surface area (TPSA) is 56.6 Å². The summed E-state index contributed by atoms with van der Waals surface area (Å²) in [6.45, 7) is 0.609. The van der Waals surface area contributed by atoms with Crippen LogP contribution in [0.4, 0.5) is 5.69 Å². The minimum Gasteiger partial charge on any atom is -0.493 e. The molecule has 3 rings (SSSR count). The first-order valence-corrected chi connectivity index (χ1v) is 7.16. The van der Waals surface area contributed by atoms with Crippen LogP contribution in [0.5, 0.6) is 5.75 Å². The van der Waals surface area contributed by atoms with Crippen molar-refractivity contribution in [2.45, 2.75) is 12.5 Å². The van der Waals surface area contributed by atoms with Crippen molar-refractivity contribution in [3.63, 3.8) is 0 Å². The molecule has 2 aromatic rings. The maximum atomic E-state index is 11.9. The summed E-state index contributed by atoms with van der Waals surface area (Å²) in [5, 5.41) is 0. The molecule has 0 radical (unpaired) electrons. The molecule has 1 aliphatic rings. The van der Waals surface area contributed by atoms with Gasteiger partial charge in [0.2, 0.25) is 0 Å². The Morgan fingerprint density at radius 1 is 1.38 bits per heavy atom. The first-order chi connectivity index (χ1) is 10.6. The van der Waals surface area contributed by atoms with E-state index in [2.05, 4.69) is 11.1 Å². The standard InChI is InChI=1S/C16H19N3O3.2ClH/c1-18(2)11-4-5-15-12(8-11)13(6-7-22-15)19-10-17-9-14(19)16(20)21-3;;/h4-5,8-10,13H,6-7H2,1-3H3;2*1H. The van der Waals surface area contributed by atoms with Crippen molar-refractivity contribution in [2.75, 3.05) is 32.7 Å². The second kappa shape index (κ2) is 8.26. The van der Waals surface area contributed by atoms with Crippen LogP contribution in [-0.2, 0) is 4.74 Å². The summed E-state index contributed by atoms with van der Waals surface area (Å²) in [4.78, 5) is 18.1. The summed E-state index contributed by atoms with van der Waals surface area (Å²) in [7, 11) is 5.37. The second-order valence-corrected chi connectivity index (χ2v) is 5.45. The summed E-state index contributed by atoms with van der Waals surface area (Å²) in [6, 6.07) is 6.11. The van der Waals surface area contributed by atoms with Crippen molar-refractivity contribution >= 4 is 36.5 Å². The van der Waals surface area contributed by atoms with Gasteiger partial charge in [-0.15, -0.1) is 24.8 Å². The predicted octanol–water partition coefficient (Wildman–Crippen LogP) is 2.95. The lowest BCUT2D eigenvalue weighted by Gasteiger charge is -2.29. The normalized spacial score (nSPS) is 15.2. The van der Waals surface area contributed by atoms with Gasteiger partial charge in [0, 0.05) is 31.8 Å². The zero-order valence-electron chi connectivity index (χ0n) is 13.8. The zero-order chi connectivity index (χ0) is 15.7. The molecule has 0 amide bonds. The maximum Gasteiger partial charge on any atom is 0.356 e. The Morgan fingerprint density at radius 2 is 2.12 bits per heavy atom. The number of carbonyl (C=O) groups excluding carboxylic acids is 1. The Balaban J connectivity index is 0.00000144. The fourth-order valence-corrected chi connectivity index (χ4v) is 2.75. The summed E-state index contributed by atoms with van der Waals surface area (Å²) in [6.07, 6.45) is 4.00. The Bertz CT molecular complexity index is 704.